The Morgan fingerprint density at radius 2 is 2.08 bits per heavy atom. The maximum absolute atomic E-state index is 12.5. The minimum Gasteiger partial charge on any atom is -0.454 e. The van der Waals surface area contributed by atoms with Gasteiger partial charge >= 0.3 is 6.09 Å². The predicted octanol–water partition coefficient (Wildman–Crippen LogP) is -0.322. The smallest absolute Gasteiger partial charge is 0.414 e. The number of aromatic amines is 1. The van der Waals surface area contributed by atoms with E-state index in [9.17, 15) is 35.0 Å². The average molecular weight is 520 g/mol. The number of nitro groups is 1. The molecule has 2 aromatic heterocycles. The Balaban J connectivity index is 1.37. The molecule has 17 heteroatoms. The van der Waals surface area contributed by atoms with E-state index < -0.39 is 53.8 Å². The van der Waals surface area contributed by atoms with Crippen LogP contribution in [0.15, 0.2) is 23.3 Å². The summed E-state index contributed by atoms with van der Waals surface area (Å²) in [6.45, 7) is 0.736. The number of aliphatic hydroxyl groups excluding tert-OH is 3. The van der Waals surface area contributed by atoms with E-state index in [4.69, 9.17) is 18.9 Å². The second kappa shape index (κ2) is 9.28. The van der Waals surface area contributed by atoms with Crippen LogP contribution in [0.2, 0.25) is 0 Å². The molecular weight excluding hydrogens is 500 g/mol. The van der Waals surface area contributed by atoms with Gasteiger partial charge in [0.05, 0.1) is 29.5 Å². The van der Waals surface area contributed by atoms with Gasteiger partial charge in [-0.2, -0.15) is 4.98 Å². The molecule has 0 spiro atoms. The number of H-pyrrole nitrogens is 1. The van der Waals surface area contributed by atoms with Gasteiger partial charge in [-0.05, 0) is 13.0 Å². The third kappa shape index (κ3) is 4.29. The van der Waals surface area contributed by atoms with Gasteiger partial charge in [0, 0.05) is 0 Å². The molecule has 0 aliphatic carbocycles. The van der Waals surface area contributed by atoms with Gasteiger partial charge in [0.15, 0.2) is 28.9 Å². The fourth-order valence-corrected chi connectivity index (χ4v) is 4.06. The number of imidazole rings is 1. The first kappa shape index (κ1) is 24.4. The van der Waals surface area contributed by atoms with Gasteiger partial charge < -0.3 is 34.3 Å². The number of nitro benzene ring substituents is 1. The van der Waals surface area contributed by atoms with Crippen LogP contribution in [0.1, 0.15) is 24.8 Å². The number of anilines is 1. The number of rotatable bonds is 6. The first-order chi connectivity index (χ1) is 17.7. The largest absolute Gasteiger partial charge is 0.454 e. The minimum atomic E-state index is -1.46. The zero-order chi connectivity index (χ0) is 26.4. The molecule has 1 fully saturated rings. The summed E-state index contributed by atoms with van der Waals surface area (Å²) in [5, 5.41) is 43.4. The lowest BCUT2D eigenvalue weighted by molar-refractivity contribution is -0.386. The van der Waals surface area contributed by atoms with Gasteiger partial charge in [0.25, 0.3) is 11.2 Å². The van der Waals surface area contributed by atoms with E-state index in [0.29, 0.717) is 0 Å². The normalized spacial score (nSPS) is 23.2. The number of aromatic nitrogens is 4. The van der Waals surface area contributed by atoms with Crippen molar-refractivity contribution < 1.29 is 44.0 Å². The number of nitrogens with one attached hydrogen (secondary N) is 2. The fraction of sp³-hybridized carbons (Fsp3) is 0.400. The Kier molecular flexibility index (Phi) is 6.12. The monoisotopic (exact) mass is 520 g/mol. The molecule has 17 nitrogen and oxygen atoms in total. The SMILES string of the molecule is CC(OC(=O)Nc1nc2c(ncn2[C@@H]2O[C@H](CO)[C@@H](O)[C@H]2O)c(=O)[nH]1)c1cc2c(cc1[N+](=O)[O-])OCO2. The zero-order valence-electron chi connectivity index (χ0n) is 18.9. The molecule has 1 aromatic carbocycles. The highest BCUT2D eigenvalue weighted by Gasteiger charge is 2.44. The molecule has 37 heavy (non-hydrogen) atoms. The summed E-state index contributed by atoms with van der Waals surface area (Å²) in [5.41, 5.74) is -1.30. The van der Waals surface area contributed by atoms with Crippen LogP contribution in [0, 0.1) is 10.1 Å². The number of nitrogens with zero attached hydrogens (tertiary/aromatic N) is 4. The topological polar surface area (TPSA) is 233 Å². The second-order valence-corrected chi connectivity index (χ2v) is 8.16. The first-order valence-electron chi connectivity index (χ1n) is 10.8. The Bertz CT molecular complexity index is 1440. The number of fused-ring (bicyclic) bond motifs is 2. The molecule has 4 heterocycles. The van der Waals surface area contributed by atoms with Crippen LogP contribution in [0.25, 0.3) is 11.2 Å². The lowest BCUT2D eigenvalue weighted by Crippen LogP contribution is -2.33. The average Bonchev–Trinajstić information content (AvgIpc) is 3.56. The second-order valence-electron chi connectivity index (χ2n) is 8.16. The number of hydrogen-bond acceptors (Lipinski definition) is 13. The molecule has 1 saturated heterocycles. The quantitative estimate of drug-likeness (QED) is 0.207. The summed E-state index contributed by atoms with van der Waals surface area (Å²) >= 11 is 0. The van der Waals surface area contributed by atoms with Crippen molar-refractivity contribution >= 4 is 28.9 Å². The maximum Gasteiger partial charge on any atom is 0.414 e. The molecule has 5 rings (SSSR count). The molecule has 0 radical (unpaired) electrons. The van der Waals surface area contributed by atoms with Crippen LogP contribution in [0.3, 0.4) is 0 Å². The summed E-state index contributed by atoms with van der Waals surface area (Å²) in [6.07, 6.45) is -6.22. The van der Waals surface area contributed by atoms with Crippen LogP contribution in [0.5, 0.6) is 11.5 Å². The molecule has 196 valence electrons. The molecule has 2 aliphatic rings. The fourth-order valence-electron chi connectivity index (χ4n) is 4.06. The van der Waals surface area contributed by atoms with Gasteiger partial charge in [0.1, 0.15) is 24.4 Å². The summed E-state index contributed by atoms with van der Waals surface area (Å²) in [4.78, 5) is 46.2. The number of carbonyl (C=O) groups excluding carboxylic acids is 1. The van der Waals surface area contributed by atoms with Crippen molar-refractivity contribution in [1.82, 2.24) is 19.5 Å². The molecule has 0 bridgehead atoms. The summed E-state index contributed by atoms with van der Waals surface area (Å²) < 4.78 is 22.3. The molecule has 1 amide bonds. The summed E-state index contributed by atoms with van der Waals surface area (Å²) in [7, 11) is 0. The van der Waals surface area contributed by atoms with Gasteiger partial charge in [-0.25, -0.2) is 9.78 Å². The van der Waals surface area contributed by atoms with Crippen LogP contribution in [-0.2, 0) is 9.47 Å². The van der Waals surface area contributed by atoms with E-state index in [1.807, 2.05) is 0 Å². The number of aliphatic hydroxyl groups is 3. The zero-order valence-corrected chi connectivity index (χ0v) is 18.9. The van der Waals surface area contributed by atoms with Gasteiger partial charge in [-0.15, -0.1) is 0 Å². The van der Waals surface area contributed by atoms with Crippen molar-refractivity contribution in [2.45, 2.75) is 37.6 Å². The Hall–Kier alpha value is -4.32. The number of ether oxygens (including phenoxy) is 4. The highest BCUT2D eigenvalue weighted by Crippen LogP contribution is 2.41. The van der Waals surface area contributed by atoms with Crippen LogP contribution in [0.4, 0.5) is 16.4 Å². The van der Waals surface area contributed by atoms with Crippen molar-refractivity contribution in [2.75, 3.05) is 18.7 Å². The van der Waals surface area contributed by atoms with E-state index in [0.717, 1.165) is 6.33 Å². The Morgan fingerprint density at radius 3 is 2.76 bits per heavy atom. The van der Waals surface area contributed by atoms with Crippen molar-refractivity contribution in [3.05, 3.63) is 44.5 Å². The van der Waals surface area contributed by atoms with Gasteiger partial charge in [0.2, 0.25) is 12.7 Å². The molecule has 5 N–H and O–H groups in total. The van der Waals surface area contributed by atoms with Gasteiger partial charge in [-0.1, -0.05) is 0 Å². The van der Waals surface area contributed by atoms with Crippen molar-refractivity contribution in [3.63, 3.8) is 0 Å². The molecule has 5 atom stereocenters. The molecule has 2 aliphatic heterocycles. The van der Waals surface area contributed by atoms with Gasteiger partial charge in [-0.3, -0.25) is 29.8 Å². The molecule has 1 unspecified atom stereocenters. The van der Waals surface area contributed by atoms with E-state index >= 15 is 0 Å². The minimum absolute atomic E-state index is 0.0451. The number of hydrogen-bond donors (Lipinski definition) is 5. The Labute approximate surface area is 205 Å². The van der Waals surface area contributed by atoms with E-state index in [2.05, 4.69) is 20.3 Å². The molecule has 0 saturated carbocycles. The van der Waals surface area contributed by atoms with Crippen LogP contribution < -0.4 is 20.3 Å². The van der Waals surface area contributed by atoms with E-state index in [1.165, 1.54) is 23.6 Å². The summed E-state index contributed by atoms with van der Waals surface area (Å²) in [5.74, 6) is 0.0856. The van der Waals surface area contributed by atoms with E-state index in [1.54, 1.807) is 0 Å². The highest BCUT2D eigenvalue weighted by atomic mass is 16.7. The van der Waals surface area contributed by atoms with Crippen molar-refractivity contribution in [2.24, 2.45) is 0 Å². The molecular formula is C20H20N6O11. The van der Waals surface area contributed by atoms with Crippen molar-refractivity contribution in [3.8, 4) is 11.5 Å². The third-order valence-corrected chi connectivity index (χ3v) is 5.88. The van der Waals surface area contributed by atoms with Crippen LogP contribution in [-0.4, -0.2) is 77.6 Å². The lowest BCUT2D eigenvalue weighted by Gasteiger charge is -2.17. The molecule has 3 aromatic rings. The first-order valence-corrected chi connectivity index (χ1v) is 10.8. The van der Waals surface area contributed by atoms with Crippen molar-refractivity contribution in [1.29, 1.82) is 0 Å². The third-order valence-electron chi connectivity index (χ3n) is 5.88. The standard InChI is InChI=1S/C20H20N6O11/c1-7(8-2-10-11(35-6-34-10)3-9(8)26(32)33)36-20(31)24-19-22-16-13(17(30)23-19)21-5-25(16)18-15(29)14(28)12(4-27)37-18/h2-3,5,7,12,14-15,18,27-29H,4,6H2,1H3,(H2,22,23,24,30,31)/t7?,12-,14-,15-,18-/m1/s1. The highest BCUT2D eigenvalue weighted by molar-refractivity contribution is 5.84. The predicted molar refractivity (Wildman–Crippen MR) is 119 cm³/mol. The number of amides is 1. The Morgan fingerprint density at radius 1 is 1.35 bits per heavy atom. The summed E-state index contributed by atoms with van der Waals surface area (Å²) in [6, 6.07) is 2.51. The maximum atomic E-state index is 12.5. The number of benzene rings is 1. The lowest BCUT2D eigenvalue weighted by atomic mass is 10.1. The number of carbonyl (C=O) groups is 1. The van der Waals surface area contributed by atoms with Crippen LogP contribution >= 0.6 is 0 Å². The van der Waals surface area contributed by atoms with E-state index in [-0.39, 0.29) is 46.7 Å².